The summed E-state index contributed by atoms with van der Waals surface area (Å²) >= 11 is 4.61. The van der Waals surface area contributed by atoms with Crippen molar-refractivity contribution in [3.63, 3.8) is 0 Å². The van der Waals surface area contributed by atoms with E-state index in [1.165, 1.54) is 11.3 Å². The number of halogens is 1. The van der Waals surface area contributed by atoms with Crippen LogP contribution in [0.1, 0.15) is 20.8 Å². The molecule has 104 valence electrons. The molecular weight excluding hydrogens is 350 g/mol. The number of amides is 1. The Hall–Kier alpha value is -2.12. The third kappa shape index (κ3) is 3.71. The highest BCUT2D eigenvalue weighted by molar-refractivity contribution is 9.10. The van der Waals surface area contributed by atoms with Crippen molar-refractivity contribution in [3.05, 3.63) is 50.1 Å². The zero-order chi connectivity index (χ0) is 15.2. The van der Waals surface area contributed by atoms with Crippen LogP contribution >= 0.6 is 27.3 Å². The summed E-state index contributed by atoms with van der Waals surface area (Å²) in [7, 11) is 0. The SMILES string of the molecule is N#Cc1ccc(Br)cc1NC(=O)c1sccc1C#CCN. The van der Waals surface area contributed by atoms with Crippen LogP contribution in [0.3, 0.4) is 0 Å². The number of nitrogens with two attached hydrogens (primary N) is 1. The first-order chi connectivity index (χ1) is 10.2. The maximum atomic E-state index is 12.3. The van der Waals surface area contributed by atoms with Crippen LogP contribution in [0.2, 0.25) is 0 Å². The van der Waals surface area contributed by atoms with Crippen LogP contribution in [0.25, 0.3) is 0 Å². The number of carbonyl (C=O) groups excluding carboxylic acids is 1. The lowest BCUT2D eigenvalue weighted by Crippen LogP contribution is -2.12. The molecule has 21 heavy (non-hydrogen) atoms. The normalized spacial score (nSPS) is 9.38. The number of anilines is 1. The third-order valence-electron chi connectivity index (χ3n) is 2.55. The molecule has 0 radical (unpaired) electrons. The first-order valence-corrected chi connectivity index (χ1v) is 7.60. The van der Waals surface area contributed by atoms with Gasteiger partial charge in [-0.05, 0) is 29.6 Å². The van der Waals surface area contributed by atoms with E-state index in [0.717, 1.165) is 4.47 Å². The number of nitrogens with one attached hydrogen (secondary N) is 1. The molecule has 2 rings (SSSR count). The highest BCUT2D eigenvalue weighted by Gasteiger charge is 2.14. The molecule has 0 unspecified atom stereocenters. The number of rotatable bonds is 2. The van der Waals surface area contributed by atoms with E-state index < -0.39 is 0 Å². The molecule has 0 aliphatic heterocycles. The minimum absolute atomic E-state index is 0.237. The lowest BCUT2D eigenvalue weighted by molar-refractivity contribution is 0.103. The Morgan fingerprint density at radius 3 is 2.90 bits per heavy atom. The van der Waals surface area contributed by atoms with E-state index in [2.05, 4.69) is 33.1 Å². The van der Waals surface area contributed by atoms with Crippen LogP contribution in [0, 0.1) is 23.2 Å². The Kier molecular flexibility index (Phi) is 5.13. The van der Waals surface area contributed by atoms with Crippen LogP contribution < -0.4 is 11.1 Å². The summed E-state index contributed by atoms with van der Waals surface area (Å²) in [6.45, 7) is 0.237. The first kappa shape index (κ1) is 15.3. The van der Waals surface area contributed by atoms with Crippen molar-refractivity contribution in [1.82, 2.24) is 0 Å². The molecule has 1 heterocycles. The maximum absolute atomic E-state index is 12.3. The highest BCUT2D eigenvalue weighted by atomic mass is 79.9. The van der Waals surface area contributed by atoms with Gasteiger partial charge in [0.25, 0.3) is 5.91 Å². The molecule has 0 aliphatic carbocycles. The molecule has 1 amide bonds. The summed E-state index contributed by atoms with van der Waals surface area (Å²) in [4.78, 5) is 12.8. The molecule has 3 N–H and O–H groups in total. The Morgan fingerprint density at radius 2 is 2.19 bits per heavy atom. The molecule has 1 aromatic heterocycles. The van der Waals surface area contributed by atoms with Crippen molar-refractivity contribution < 1.29 is 4.79 Å². The molecule has 0 saturated carbocycles. The predicted molar refractivity (Wildman–Crippen MR) is 87.1 cm³/mol. The third-order valence-corrected chi connectivity index (χ3v) is 3.95. The minimum atomic E-state index is -0.291. The van der Waals surface area contributed by atoms with Gasteiger partial charge in [0.15, 0.2) is 0 Å². The number of hydrogen-bond acceptors (Lipinski definition) is 4. The fourth-order valence-corrected chi connectivity index (χ4v) is 2.73. The maximum Gasteiger partial charge on any atom is 0.267 e. The molecule has 0 aliphatic rings. The average Bonchev–Trinajstić information content (AvgIpc) is 2.94. The molecule has 6 heteroatoms. The van der Waals surface area contributed by atoms with Crippen LogP contribution in [0.4, 0.5) is 5.69 Å². The van der Waals surface area contributed by atoms with Gasteiger partial charge in [-0.25, -0.2) is 0 Å². The Labute approximate surface area is 134 Å². The molecule has 1 aromatic carbocycles. The number of carbonyl (C=O) groups is 1. The number of thiophene rings is 1. The van der Waals surface area contributed by atoms with E-state index in [1.807, 2.05) is 6.07 Å². The van der Waals surface area contributed by atoms with Crippen molar-refractivity contribution in [3.8, 4) is 17.9 Å². The number of nitrogens with zero attached hydrogens (tertiary/aromatic N) is 1. The Bertz CT molecular complexity index is 780. The standard InChI is InChI=1S/C15H10BrN3OS/c16-12-4-3-11(9-18)13(8-12)19-15(20)14-10(2-1-6-17)5-7-21-14/h3-5,7-8H,6,17H2,(H,19,20). The molecule has 4 nitrogen and oxygen atoms in total. The number of hydrogen-bond donors (Lipinski definition) is 2. The van der Waals surface area contributed by atoms with Gasteiger partial charge in [0.1, 0.15) is 10.9 Å². The fraction of sp³-hybridized carbons (Fsp3) is 0.0667. The molecule has 0 saturated heterocycles. The summed E-state index contributed by atoms with van der Waals surface area (Å²) in [6.07, 6.45) is 0. The van der Waals surface area contributed by atoms with Crippen LogP contribution in [0.15, 0.2) is 34.1 Å². The number of benzene rings is 1. The monoisotopic (exact) mass is 359 g/mol. The first-order valence-electron chi connectivity index (χ1n) is 5.93. The lowest BCUT2D eigenvalue weighted by atomic mass is 10.2. The summed E-state index contributed by atoms with van der Waals surface area (Å²) in [5.41, 5.74) is 6.83. The van der Waals surface area contributed by atoms with Crippen LogP contribution in [-0.2, 0) is 0 Å². The Balaban J connectivity index is 2.29. The van der Waals surface area contributed by atoms with Gasteiger partial charge in [-0.3, -0.25) is 4.79 Å². The van der Waals surface area contributed by atoms with E-state index in [4.69, 9.17) is 11.0 Å². The summed E-state index contributed by atoms with van der Waals surface area (Å²) < 4.78 is 0.783. The smallest absolute Gasteiger partial charge is 0.267 e. The van der Waals surface area contributed by atoms with Gasteiger partial charge < -0.3 is 11.1 Å². The van der Waals surface area contributed by atoms with Crippen LogP contribution in [-0.4, -0.2) is 12.5 Å². The zero-order valence-electron chi connectivity index (χ0n) is 10.8. The van der Waals surface area contributed by atoms with Gasteiger partial charge in [-0.15, -0.1) is 11.3 Å². The van der Waals surface area contributed by atoms with Crippen molar-refractivity contribution in [2.45, 2.75) is 0 Å². The highest BCUT2D eigenvalue weighted by Crippen LogP contribution is 2.23. The van der Waals surface area contributed by atoms with Gasteiger partial charge in [-0.1, -0.05) is 27.8 Å². The van der Waals surface area contributed by atoms with Crippen molar-refractivity contribution >= 4 is 38.9 Å². The quantitative estimate of drug-likeness (QED) is 0.809. The second-order valence-corrected chi connectivity index (χ2v) is 5.76. The van der Waals surface area contributed by atoms with Crippen molar-refractivity contribution in [1.29, 1.82) is 5.26 Å². The summed E-state index contributed by atoms with van der Waals surface area (Å²) in [5, 5.41) is 13.6. The molecule has 0 fully saturated rings. The van der Waals surface area contributed by atoms with E-state index in [1.54, 1.807) is 29.6 Å². The molecular formula is C15H10BrN3OS. The molecule has 0 bridgehead atoms. The van der Waals surface area contributed by atoms with Gasteiger partial charge in [-0.2, -0.15) is 5.26 Å². The largest absolute Gasteiger partial charge is 0.320 e. The van der Waals surface area contributed by atoms with E-state index in [0.29, 0.717) is 21.7 Å². The van der Waals surface area contributed by atoms with Crippen molar-refractivity contribution in [2.24, 2.45) is 5.73 Å². The van der Waals surface area contributed by atoms with Crippen LogP contribution in [0.5, 0.6) is 0 Å². The minimum Gasteiger partial charge on any atom is -0.320 e. The summed E-state index contributed by atoms with van der Waals surface area (Å²) in [6, 6.07) is 8.90. The second-order valence-electron chi connectivity index (χ2n) is 3.93. The molecule has 2 aromatic rings. The zero-order valence-corrected chi connectivity index (χ0v) is 13.2. The Morgan fingerprint density at radius 1 is 1.38 bits per heavy atom. The van der Waals surface area contributed by atoms with Gasteiger partial charge in [0.2, 0.25) is 0 Å². The molecule has 0 atom stereocenters. The van der Waals surface area contributed by atoms with E-state index >= 15 is 0 Å². The second kappa shape index (κ2) is 7.05. The van der Waals surface area contributed by atoms with Gasteiger partial charge in [0.05, 0.1) is 17.8 Å². The fourth-order valence-electron chi connectivity index (χ4n) is 1.63. The van der Waals surface area contributed by atoms with E-state index in [-0.39, 0.29) is 12.5 Å². The van der Waals surface area contributed by atoms with Gasteiger partial charge in [0, 0.05) is 10.0 Å². The van der Waals surface area contributed by atoms with Crippen molar-refractivity contribution in [2.75, 3.05) is 11.9 Å². The average molecular weight is 360 g/mol. The molecule has 0 spiro atoms. The summed E-state index contributed by atoms with van der Waals surface area (Å²) in [5.74, 6) is 5.30. The number of nitriles is 1. The topological polar surface area (TPSA) is 78.9 Å². The van der Waals surface area contributed by atoms with E-state index in [9.17, 15) is 4.79 Å². The predicted octanol–water partition coefficient (Wildman–Crippen LogP) is 2.94. The van der Waals surface area contributed by atoms with Gasteiger partial charge >= 0.3 is 0 Å². The lowest BCUT2D eigenvalue weighted by Gasteiger charge is -2.06.